The zero-order chi connectivity index (χ0) is 14.7. The molecule has 0 atom stereocenters. The van der Waals surface area contributed by atoms with Crippen molar-refractivity contribution < 1.29 is 14.1 Å². The predicted octanol–water partition coefficient (Wildman–Crippen LogP) is 4.92. The van der Waals surface area contributed by atoms with Crippen molar-refractivity contribution in [3.05, 3.63) is 62.9 Å². The summed E-state index contributed by atoms with van der Waals surface area (Å²) in [5, 5.41) is 10.9. The number of nitro groups is 1. The van der Waals surface area contributed by atoms with Crippen molar-refractivity contribution in [2.75, 3.05) is 0 Å². The Kier molecular flexibility index (Phi) is 4.42. The number of alkyl halides is 1. The molecule has 0 N–H and O–H groups in total. The molecule has 0 radical (unpaired) electrons. The summed E-state index contributed by atoms with van der Waals surface area (Å²) < 4.78 is 19.1. The first-order valence-electron chi connectivity index (χ1n) is 5.47. The highest BCUT2D eigenvalue weighted by Crippen LogP contribution is 2.32. The highest BCUT2D eigenvalue weighted by atomic mass is 35.5. The molecule has 0 bridgehead atoms. The molecular formula is C13H8Cl2FNO3. The van der Waals surface area contributed by atoms with Gasteiger partial charge in [-0.1, -0.05) is 17.7 Å². The minimum Gasteiger partial charge on any atom is -0.454 e. The van der Waals surface area contributed by atoms with Crippen LogP contribution in [0.2, 0.25) is 5.02 Å². The van der Waals surface area contributed by atoms with E-state index >= 15 is 0 Å². The normalized spacial score (nSPS) is 10.3. The summed E-state index contributed by atoms with van der Waals surface area (Å²) in [6.07, 6.45) is 0. The maximum Gasteiger partial charge on any atom is 0.272 e. The smallest absolute Gasteiger partial charge is 0.272 e. The molecule has 4 nitrogen and oxygen atoms in total. The summed E-state index contributed by atoms with van der Waals surface area (Å²) in [5.74, 6) is -0.495. The molecule has 2 aromatic carbocycles. The minimum absolute atomic E-state index is 0.135. The number of nitrogens with zero attached hydrogens (tertiary/aromatic N) is 1. The van der Waals surface area contributed by atoms with Crippen LogP contribution in [0, 0.1) is 15.9 Å². The van der Waals surface area contributed by atoms with E-state index in [4.69, 9.17) is 27.9 Å². The zero-order valence-corrected chi connectivity index (χ0v) is 11.5. The molecule has 0 aliphatic heterocycles. The van der Waals surface area contributed by atoms with E-state index in [2.05, 4.69) is 0 Å². The molecule has 0 amide bonds. The highest BCUT2D eigenvalue weighted by Gasteiger charge is 2.13. The highest BCUT2D eigenvalue weighted by molar-refractivity contribution is 6.30. The second kappa shape index (κ2) is 6.07. The summed E-state index contributed by atoms with van der Waals surface area (Å²) in [7, 11) is 0. The standard InChI is InChI=1S/C13H8Cl2FNO3/c14-7-8-1-2-9(15)5-13(8)20-12-4-3-10(17(18)19)6-11(12)16/h1-6H,7H2. The van der Waals surface area contributed by atoms with Crippen LogP contribution in [0.1, 0.15) is 5.56 Å². The van der Waals surface area contributed by atoms with Crippen LogP contribution in [0.3, 0.4) is 0 Å². The largest absolute Gasteiger partial charge is 0.454 e. The molecule has 0 saturated carbocycles. The van der Waals surface area contributed by atoms with Crippen molar-refractivity contribution >= 4 is 28.9 Å². The topological polar surface area (TPSA) is 52.4 Å². The number of hydrogen-bond acceptors (Lipinski definition) is 3. The number of rotatable bonds is 4. The van der Waals surface area contributed by atoms with E-state index < -0.39 is 10.7 Å². The van der Waals surface area contributed by atoms with Crippen molar-refractivity contribution in [2.24, 2.45) is 0 Å². The SMILES string of the molecule is O=[N+]([O-])c1ccc(Oc2cc(Cl)ccc2CCl)c(F)c1. The van der Waals surface area contributed by atoms with Crippen LogP contribution < -0.4 is 4.74 Å². The van der Waals surface area contributed by atoms with E-state index in [1.165, 1.54) is 12.1 Å². The van der Waals surface area contributed by atoms with Gasteiger partial charge in [0.15, 0.2) is 11.6 Å². The van der Waals surface area contributed by atoms with Gasteiger partial charge in [0, 0.05) is 16.7 Å². The van der Waals surface area contributed by atoms with Crippen LogP contribution in [0.5, 0.6) is 11.5 Å². The molecule has 104 valence electrons. The first-order chi connectivity index (χ1) is 9.51. The van der Waals surface area contributed by atoms with Gasteiger partial charge in [-0.15, -0.1) is 11.6 Å². The Hall–Kier alpha value is -1.85. The molecule has 7 heteroatoms. The lowest BCUT2D eigenvalue weighted by Gasteiger charge is -2.10. The first kappa shape index (κ1) is 14.6. The Morgan fingerprint density at radius 1 is 1.20 bits per heavy atom. The fourth-order valence-corrected chi connectivity index (χ4v) is 1.92. The molecule has 0 saturated heterocycles. The molecule has 0 unspecified atom stereocenters. The first-order valence-corrected chi connectivity index (χ1v) is 6.38. The van der Waals surface area contributed by atoms with E-state index in [-0.39, 0.29) is 17.3 Å². The van der Waals surface area contributed by atoms with Gasteiger partial charge in [0.05, 0.1) is 16.9 Å². The maximum absolute atomic E-state index is 13.7. The number of hydrogen-bond donors (Lipinski definition) is 0. The van der Waals surface area contributed by atoms with E-state index in [0.717, 1.165) is 12.1 Å². The fourth-order valence-electron chi connectivity index (χ4n) is 1.54. The molecule has 0 aliphatic carbocycles. The Morgan fingerprint density at radius 3 is 2.55 bits per heavy atom. The quantitative estimate of drug-likeness (QED) is 0.457. The average Bonchev–Trinajstić information content (AvgIpc) is 2.41. The molecule has 0 aliphatic rings. The van der Waals surface area contributed by atoms with Gasteiger partial charge in [-0.3, -0.25) is 10.1 Å². The van der Waals surface area contributed by atoms with Gasteiger partial charge in [0.1, 0.15) is 5.75 Å². The molecule has 20 heavy (non-hydrogen) atoms. The second-order valence-corrected chi connectivity index (χ2v) is 4.56. The van der Waals surface area contributed by atoms with Crippen molar-refractivity contribution in [1.82, 2.24) is 0 Å². The van der Waals surface area contributed by atoms with E-state index in [1.807, 2.05) is 0 Å². The molecule has 0 fully saturated rings. The van der Waals surface area contributed by atoms with Crippen LogP contribution in [-0.2, 0) is 5.88 Å². The summed E-state index contributed by atoms with van der Waals surface area (Å²) in [6, 6.07) is 7.93. The Labute approximate surface area is 123 Å². The Morgan fingerprint density at radius 2 is 1.95 bits per heavy atom. The number of halogens is 3. The molecule has 0 spiro atoms. The Bertz CT molecular complexity index is 664. The minimum atomic E-state index is -0.834. The average molecular weight is 316 g/mol. The summed E-state index contributed by atoms with van der Waals surface area (Å²) in [5.41, 5.74) is 0.285. The molecule has 0 aromatic heterocycles. The van der Waals surface area contributed by atoms with E-state index in [1.54, 1.807) is 12.1 Å². The third-order valence-electron chi connectivity index (χ3n) is 2.52. The van der Waals surface area contributed by atoms with Gasteiger partial charge < -0.3 is 4.74 Å². The molecule has 0 heterocycles. The van der Waals surface area contributed by atoms with Crippen molar-refractivity contribution in [2.45, 2.75) is 5.88 Å². The van der Waals surface area contributed by atoms with Gasteiger partial charge in [0.2, 0.25) is 0 Å². The van der Waals surface area contributed by atoms with Gasteiger partial charge in [-0.25, -0.2) is 4.39 Å². The third-order valence-corrected chi connectivity index (χ3v) is 3.04. The lowest BCUT2D eigenvalue weighted by Crippen LogP contribution is -1.94. The number of nitro benzene ring substituents is 1. The fraction of sp³-hybridized carbons (Fsp3) is 0.0769. The zero-order valence-electron chi connectivity index (χ0n) is 9.98. The van der Waals surface area contributed by atoms with E-state index in [0.29, 0.717) is 16.3 Å². The third kappa shape index (κ3) is 3.18. The van der Waals surface area contributed by atoms with Crippen LogP contribution in [0.15, 0.2) is 36.4 Å². The van der Waals surface area contributed by atoms with Crippen LogP contribution in [0.25, 0.3) is 0 Å². The lowest BCUT2D eigenvalue weighted by atomic mass is 10.2. The number of non-ortho nitro benzene ring substituents is 1. The van der Waals surface area contributed by atoms with Crippen molar-refractivity contribution in [1.29, 1.82) is 0 Å². The second-order valence-electron chi connectivity index (χ2n) is 3.86. The van der Waals surface area contributed by atoms with Crippen molar-refractivity contribution in [3.8, 4) is 11.5 Å². The number of ether oxygens (including phenoxy) is 1. The number of benzene rings is 2. The van der Waals surface area contributed by atoms with Crippen LogP contribution >= 0.6 is 23.2 Å². The lowest BCUT2D eigenvalue weighted by molar-refractivity contribution is -0.385. The van der Waals surface area contributed by atoms with Crippen molar-refractivity contribution in [3.63, 3.8) is 0 Å². The van der Waals surface area contributed by atoms with Crippen LogP contribution in [0.4, 0.5) is 10.1 Å². The molecule has 2 rings (SSSR count). The monoisotopic (exact) mass is 315 g/mol. The van der Waals surface area contributed by atoms with Gasteiger partial charge in [-0.05, 0) is 18.2 Å². The molecule has 2 aromatic rings. The van der Waals surface area contributed by atoms with E-state index in [9.17, 15) is 14.5 Å². The summed E-state index contributed by atoms with van der Waals surface area (Å²) >= 11 is 11.6. The van der Waals surface area contributed by atoms with Gasteiger partial charge in [-0.2, -0.15) is 0 Å². The maximum atomic E-state index is 13.7. The Balaban J connectivity index is 2.35. The van der Waals surface area contributed by atoms with Gasteiger partial charge in [0.25, 0.3) is 5.69 Å². The summed E-state index contributed by atoms with van der Waals surface area (Å²) in [4.78, 5) is 9.85. The predicted molar refractivity (Wildman–Crippen MR) is 74.1 cm³/mol. The van der Waals surface area contributed by atoms with Crippen LogP contribution in [-0.4, -0.2) is 4.92 Å². The summed E-state index contributed by atoms with van der Waals surface area (Å²) in [6.45, 7) is 0. The molecular weight excluding hydrogens is 308 g/mol. The van der Waals surface area contributed by atoms with Gasteiger partial charge >= 0.3 is 0 Å².